The number of sulfonamides is 1. The van der Waals surface area contributed by atoms with Crippen molar-refractivity contribution in [3.63, 3.8) is 0 Å². The molecule has 0 radical (unpaired) electrons. The highest BCUT2D eigenvalue weighted by molar-refractivity contribution is 7.89. The number of aromatic nitrogens is 1. The zero-order chi connectivity index (χ0) is 28.9. The fourth-order valence-corrected chi connectivity index (χ4v) is 7.04. The van der Waals surface area contributed by atoms with Gasteiger partial charge in [-0.05, 0) is 50.7 Å². The Morgan fingerprint density at radius 1 is 1.25 bits per heavy atom. The number of benzene rings is 1. The fourth-order valence-electron chi connectivity index (χ4n) is 4.88. The second kappa shape index (κ2) is 13.2. The third-order valence-corrected chi connectivity index (χ3v) is 9.28. The van der Waals surface area contributed by atoms with E-state index < -0.39 is 33.8 Å². The molecular formula is C26H30ClFN4O6S2. The van der Waals surface area contributed by atoms with Gasteiger partial charge >= 0.3 is 11.9 Å². The number of carbonyl (C=O) groups is 2. The first-order chi connectivity index (χ1) is 19.1. The predicted molar refractivity (Wildman–Crippen MR) is 149 cm³/mol. The van der Waals surface area contributed by atoms with Crippen LogP contribution in [0.3, 0.4) is 0 Å². The normalized spacial score (nSPS) is 21.4. The van der Waals surface area contributed by atoms with E-state index in [2.05, 4.69) is 15.0 Å². The van der Waals surface area contributed by atoms with Gasteiger partial charge in [-0.2, -0.15) is 0 Å². The lowest BCUT2D eigenvalue weighted by Gasteiger charge is -2.35. The molecule has 216 valence electrons. The Balaban J connectivity index is 1.59. The van der Waals surface area contributed by atoms with Crippen molar-refractivity contribution < 1.29 is 31.9 Å². The maximum absolute atomic E-state index is 13.9. The quantitative estimate of drug-likeness (QED) is 0.386. The lowest BCUT2D eigenvalue weighted by atomic mass is 9.80. The highest BCUT2D eigenvalue weighted by Gasteiger charge is 2.38. The molecule has 1 aromatic heterocycles. The monoisotopic (exact) mass is 612 g/mol. The van der Waals surface area contributed by atoms with Gasteiger partial charge in [0.25, 0.3) is 0 Å². The maximum atomic E-state index is 13.9. The minimum absolute atomic E-state index is 0.121. The van der Waals surface area contributed by atoms with Gasteiger partial charge in [0, 0.05) is 33.9 Å². The van der Waals surface area contributed by atoms with Crippen LogP contribution in [0.2, 0.25) is 5.02 Å². The molecule has 0 saturated heterocycles. The Bertz CT molecular complexity index is 1410. The summed E-state index contributed by atoms with van der Waals surface area (Å²) in [5, 5.41) is 5.83. The number of methoxy groups -OCH3 is 1. The summed E-state index contributed by atoms with van der Waals surface area (Å²) in [5.41, 5.74) is 1.30. The first-order valence-corrected chi connectivity index (χ1v) is 15.7. The number of ether oxygens (including phenoxy) is 2. The molecular weight excluding hydrogens is 583 g/mol. The zero-order valence-corrected chi connectivity index (χ0v) is 24.4. The molecule has 10 nitrogen and oxygen atoms in total. The number of nitrogens with zero attached hydrogens (tertiary/aromatic N) is 2. The van der Waals surface area contributed by atoms with Gasteiger partial charge in [0.1, 0.15) is 11.9 Å². The van der Waals surface area contributed by atoms with E-state index >= 15 is 0 Å². The number of hydrogen-bond acceptors (Lipinski definition) is 10. The van der Waals surface area contributed by atoms with Crippen molar-refractivity contribution in [2.24, 2.45) is 10.9 Å². The molecule has 2 heterocycles. The summed E-state index contributed by atoms with van der Waals surface area (Å²) < 4.78 is 51.6. The number of rotatable bonds is 10. The summed E-state index contributed by atoms with van der Waals surface area (Å²) in [6.07, 6.45) is 3.56. The number of esters is 2. The van der Waals surface area contributed by atoms with E-state index in [0.29, 0.717) is 47.8 Å². The van der Waals surface area contributed by atoms with Gasteiger partial charge < -0.3 is 14.8 Å². The second-order valence-electron chi connectivity index (χ2n) is 9.37. The van der Waals surface area contributed by atoms with Crippen LogP contribution in [-0.4, -0.2) is 56.7 Å². The molecule has 2 aromatic rings. The lowest BCUT2D eigenvalue weighted by Crippen LogP contribution is -2.42. The Labute approximate surface area is 241 Å². The molecule has 40 heavy (non-hydrogen) atoms. The molecule has 14 heteroatoms. The van der Waals surface area contributed by atoms with E-state index in [0.717, 1.165) is 0 Å². The Kier molecular flexibility index (Phi) is 9.93. The summed E-state index contributed by atoms with van der Waals surface area (Å²) >= 11 is 7.78. The van der Waals surface area contributed by atoms with Crippen molar-refractivity contribution in [2.45, 2.75) is 51.1 Å². The molecule has 0 spiro atoms. The van der Waals surface area contributed by atoms with Gasteiger partial charge in [-0.15, -0.1) is 11.3 Å². The van der Waals surface area contributed by atoms with Crippen LogP contribution in [0, 0.1) is 11.7 Å². The van der Waals surface area contributed by atoms with Crippen molar-refractivity contribution in [2.75, 3.05) is 19.5 Å². The second-order valence-corrected chi connectivity index (χ2v) is 12.5. The SMILES string of the molecule is CCOC(=O)CCS(=O)(=O)NC1CCC(C2=C(C(=O)OC)C(c3ccc(F)cc3Cl)N=C(c3nccs3)N2)CC1. The number of carbonyl (C=O) groups excluding carboxylic acids is 2. The first kappa shape index (κ1) is 30.1. The molecule has 4 rings (SSSR count). The van der Waals surface area contributed by atoms with E-state index in [1.807, 2.05) is 0 Å². The third kappa shape index (κ3) is 7.25. The van der Waals surface area contributed by atoms with Crippen LogP contribution in [0.5, 0.6) is 0 Å². The van der Waals surface area contributed by atoms with Crippen LogP contribution in [-0.2, 0) is 29.1 Å². The standard InChI is InChI=1S/C26H30ClFN4O6S2/c1-3-38-20(33)10-13-40(35,36)32-17-7-4-15(5-8-17)22-21(26(34)37-2)23(18-9-6-16(28)14-19(18)27)31-24(30-22)25-29-11-12-39-25/h6,9,11-12,14-15,17,23,32H,3-5,7-8,10,13H2,1-2H3,(H,30,31). The fraction of sp³-hybridized carbons (Fsp3) is 0.462. The van der Waals surface area contributed by atoms with Crippen LogP contribution in [0.25, 0.3) is 0 Å². The zero-order valence-electron chi connectivity index (χ0n) is 22.0. The van der Waals surface area contributed by atoms with E-state index in [4.69, 9.17) is 26.1 Å². The van der Waals surface area contributed by atoms with E-state index in [9.17, 15) is 22.4 Å². The van der Waals surface area contributed by atoms with Gasteiger partial charge in [-0.25, -0.2) is 27.3 Å². The Morgan fingerprint density at radius 3 is 2.62 bits per heavy atom. The topological polar surface area (TPSA) is 136 Å². The van der Waals surface area contributed by atoms with Crippen molar-refractivity contribution in [3.05, 3.63) is 62.5 Å². The van der Waals surface area contributed by atoms with Crippen LogP contribution in [0.1, 0.15) is 55.6 Å². The number of thiazole rings is 1. The van der Waals surface area contributed by atoms with Gasteiger partial charge in [0.2, 0.25) is 10.0 Å². The van der Waals surface area contributed by atoms with Crippen LogP contribution in [0.4, 0.5) is 4.39 Å². The predicted octanol–water partition coefficient (Wildman–Crippen LogP) is 3.89. The number of nitrogens with one attached hydrogen (secondary N) is 2. The molecule has 1 atom stereocenters. The van der Waals surface area contributed by atoms with Gasteiger partial charge in [-0.3, -0.25) is 9.79 Å². The Hall–Kier alpha value is -2.87. The summed E-state index contributed by atoms with van der Waals surface area (Å²) in [4.78, 5) is 33.8. The summed E-state index contributed by atoms with van der Waals surface area (Å²) in [6.45, 7) is 1.85. The van der Waals surface area contributed by atoms with Crippen molar-refractivity contribution >= 4 is 50.7 Å². The average Bonchev–Trinajstić information content (AvgIpc) is 3.47. The maximum Gasteiger partial charge on any atom is 0.338 e. The number of aliphatic imine (C=N–C) groups is 1. The molecule has 0 bridgehead atoms. The number of allylic oxidation sites excluding steroid dienone is 1. The molecule has 1 saturated carbocycles. The highest BCUT2D eigenvalue weighted by Crippen LogP contribution is 2.41. The minimum atomic E-state index is -3.68. The van der Waals surface area contributed by atoms with E-state index in [1.54, 1.807) is 18.5 Å². The van der Waals surface area contributed by atoms with Crippen molar-refractivity contribution in [3.8, 4) is 0 Å². The summed E-state index contributed by atoms with van der Waals surface area (Å²) in [6, 6.07) is 2.75. The lowest BCUT2D eigenvalue weighted by molar-refractivity contribution is -0.142. The van der Waals surface area contributed by atoms with Crippen LogP contribution in [0.15, 0.2) is 46.0 Å². The molecule has 0 amide bonds. The van der Waals surface area contributed by atoms with Crippen molar-refractivity contribution in [1.82, 2.24) is 15.0 Å². The van der Waals surface area contributed by atoms with Crippen LogP contribution >= 0.6 is 22.9 Å². The number of hydrogen-bond donors (Lipinski definition) is 2. The average molecular weight is 613 g/mol. The summed E-state index contributed by atoms with van der Waals surface area (Å²) in [7, 11) is -2.40. The molecule has 2 aliphatic rings. The molecule has 1 aromatic carbocycles. The van der Waals surface area contributed by atoms with E-state index in [-0.39, 0.29) is 41.3 Å². The Morgan fingerprint density at radius 2 is 2.00 bits per heavy atom. The largest absolute Gasteiger partial charge is 0.466 e. The molecule has 2 N–H and O–H groups in total. The molecule has 1 aliphatic carbocycles. The van der Waals surface area contributed by atoms with Gasteiger partial charge in [-0.1, -0.05) is 17.7 Å². The van der Waals surface area contributed by atoms with Gasteiger partial charge in [0.05, 0.1) is 31.5 Å². The van der Waals surface area contributed by atoms with Crippen molar-refractivity contribution in [1.29, 1.82) is 0 Å². The molecule has 1 aliphatic heterocycles. The minimum Gasteiger partial charge on any atom is -0.466 e. The van der Waals surface area contributed by atoms with Crippen LogP contribution < -0.4 is 10.0 Å². The highest BCUT2D eigenvalue weighted by atomic mass is 35.5. The first-order valence-electron chi connectivity index (χ1n) is 12.8. The smallest absolute Gasteiger partial charge is 0.338 e. The molecule has 1 fully saturated rings. The number of halogens is 2. The third-order valence-electron chi connectivity index (χ3n) is 6.73. The molecule has 1 unspecified atom stereocenters. The summed E-state index contributed by atoms with van der Waals surface area (Å²) in [5.74, 6) is -1.73. The van der Waals surface area contributed by atoms with E-state index in [1.165, 1.54) is 36.6 Å². The number of amidine groups is 1. The van der Waals surface area contributed by atoms with Gasteiger partial charge in [0.15, 0.2) is 10.8 Å².